The number of hydrogen-bond acceptors (Lipinski definition) is 4. The Morgan fingerprint density at radius 3 is 2.79 bits per heavy atom. The van der Waals surface area contributed by atoms with E-state index in [2.05, 4.69) is 11.9 Å². The van der Waals surface area contributed by atoms with Crippen molar-refractivity contribution in [2.45, 2.75) is 0 Å². The molecule has 1 aliphatic rings. The van der Waals surface area contributed by atoms with Crippen LogP contribution in [0, 0.1) is 3.77 Å². The Bertz CT molecular complexity index is 606. The van der Waals surface area contributed by atoms with Gasteiger partial charge in [-0.2, -0.15) is 0 Å². The van der Waals surface area contributed by atoms with Crippen molar-refractivity contribution in [1.82, 2.24) is 10.2 Å². The maximum Gasteiger partial charge on any atom is 0.266 e. The van der Waals surface area contributed by atoms with Crippen molar-refractivity contribution in [3.8, 4) is 0 Å². The van der Waals surface area contributed by atoms with E-state index in [-0.39, 0.29) is 17.2 Å². The molecule has 2 rings (SSSR count). The molecule has 1 aromatic rings. The van der Waals surface area contributed by atoms with Crippen LogP contribution in [0.4, 0.5) is 0 Å². The quantitative estimate of drug-likeness (QED) is 0.282. The number of halogens is 1. The molecular formula is C12H9IN2O3S. The van der Waals surface area contributed by atoms with Gasteiger partial charge in [0.2, 0.25) is 0 Å². The van der Waals surface area contributed by atoms with Gasteiger partial charge in [-0.1, -0.05) is 6.08 Å². The molecule has 0 bridgehead atoms. The van der Waals surface area contributed by atoms with Gasteiger partial charge in [0, 0.05) is 6.54 Å². The molecule has 0 spiro atoms. The summed E-state index contributed by atoms with van der Waals surface area (Å²) < 4.78 is 5.98. The van der Waals surface area contributed by atoms with Gasteiger partial charge in [0.1, 0.15) is 11.3 Å². The first-order valence-corrected chi connectivity index (χ1v) is 6.76. The number of rotatable bonds is 3. The summed E-state index contributed by atoms with van der Waals surface area (Å²) in [7, 11) is 0. The van der Waals surface area contributed by atoms with E-state index >= 15 is 0 Å². The van der Waals surface area contributed by atoms with Gasteiger partial charge in [-0.3, -0.25) is 19.8 Å². The van der Waals surface area contributed by atoms with E-state index in [4.69, 9.17) is 16.6 Å². The minimum Gasteiger partial charge on any atom is -0.451 e. The lowest BCUT2D eigenvalue weighted by atomic mass is 10.1. The molecule has 0 atom stereocenters. The van der Waals surface area contributed by atoms with E-state index in [1.165, 1.54) is 17.1 Å². The number of hydrogen-bond donors (Lipinski definition) is 1. The van der Waals surface area contributed by atoms with Crippen LogP contribution in [0.25, 0.3) is 6.08 Å². The molecule has 1 aromatic heterocycles. The summed E-state index contributed by atoms with van der Waals surface area (Å²) in [6, 6.07) is 3.42. The van der Waals surface area contributed by atoms with E-state index in [1.807, 2.05) is 22.6 Å². The second-order valence-electron chi connectivity index (χ2n) is 3.66. The van der Waals surface area contributed by atoms with Crippen LogP contribution in [0.3, 0.4) is 0 Å². The van der Waals surface area contributed by atoms with Crippen molar-refractivity contribution in [1.29, 1.82) is 0 Å². The molecular weight excluding hydrogens is 379 g/mol. The van der Waals surface area contributed by atoms with Gasteiger partial charge in [0.15, 0.2) is 8.88 Å². The van der Waals surface area contributed by atoms with Crippen LogP contribution in [0.2, 0.25) is 0 Å². The lowest BCUT2D eigenvalue weighted by Crippen LogP contribution is -2.53. The van der Waals surface area contributed by atoms with Crippen LogP contribution in [0.15, 0.2) is 34.8 Å². The predicted octanol–water partition coefficient (Wildman–Crippen LogP) is 1.70. The fraction of sp³-hybridized carbons (Fsp3) is 0.0833. The van der Waals surface area contributed by atoms with Crippen molar-refractivity contribution >= 4 is 57.8 Å². The van der Waals surface area contributed by atoms with Gasteiger partial charge in [0.05, 0.1) is 0 Å². The third kappa shape index (κ3) is 2.92. The average Bonchev–Trinajstić information content (AvgIpc) is 2.76. The highest BCUT2D eigenvalue weighted by Crippen LogP contribution is 2.17. The molecule has 5 nitrogen and oxygen atoms in total. The molecule has 1 aliphatic heterocycles. The molecule has 1 saturated heterocycles. The Morgan fingerprint density at radius 2 is 2.21 bits per heavy atom. The fourth-order valence-electron chi connectivity index (χ4n) is 1.54. The smallest absolute Gasteiger partial charge is 0.266 e. The number of nitrogens with one attached hydrogen (secondary N) is 1. The fourth-order valence-corrected chi connectivity index (χ4v) is 2.22. The molecule has 1 N–H and O–H groups in total. The molecule has 2 amide bonds. The zero-order chi connectivity index (χ0) is 14.0. The van der Waals surface area contributed by atoms with Gasteiger partial charge in [-0.15, -0.1) is 6.58 Å². The van der Waals surface area contributed by atoms with E-state index in [0.29, 0.717) is 9.53 Å². The largest absolute Gasteiger partial charge is 0.451 e. The molecule has 19 heavy (non-hydrogen) atoms. The number of nitrogens with zero attached hydrogens (tertiary/aromatic N) is 1. The highest BCUT2D eigenvalue weighted by Gasteiger charge is 2.32. The van der Waals surface area contributed by atoms with Crippen molar-refractivity contribution in [3.63, 3.8) is 0 Å². The summed E-state index contributed by atoms with van der Waals surface area (Å²) in [6.07, 6.45) is 2.94. The summed E-state index contributed by atoms with van der Waals surface area (Å²) in [5, 5.41) is 2.54. The number of amides is 2. The molecule has 0 unspecified atom stereocenters. The first-order valence-electron chi connectivity index (χ1n) is 5.28. The maximum absolute atomic E-state index is 12.2. The minimum absolute atomic E-state index is 0.0128. The standard InChI is InChI=1S/C12H9IN2O3S/c1-2-5-15-11(17)8(10(16)14-12(15)19)6-7-3-4-9(13)18-7/h2-4,6H,1,5H2,(H,14,16,19). The lowest BCUT2D eigenvalue weighted by molar-refractivity contribution is -0.128. The monoisotopic (exact) mass is 388 g/mol. The molecule has 2 heterocycles. The number of thiocarbonyl (C=S) groups is 1. The number of furan rings is 1. The third-order valence-electron chi connectivity index (χ3n) is 2.38. The van der Waals surface area contributed by atoms with Crippen molar-refractivity contribution < 1.29 is 14.0 Å². The van der Waals surface area contributed by atoms with E-state index in [1.54, 1.807) is 12.1 Å². The second kappa shape index (κ2) is 5.66. The van der Waals surface area contributed by atoms with E-state index in [9.17, 15) is 9.59 Å². The topological polar surface area (TPSA) is 62.6 Å². The predicted molar refractivity (Wildman–Crippen MR) is 82.1 cm³/mol. The Morgan fingerprint density at radius 1 is 1.47 bits per heavy atom. The number of carbonyl (C=O) groups excluding carboxylic acids is 2. The second-order valence-corrected chi connectivity index (χ2v) is 5.11. The van der Waals surface area contributed by atoms with E-state index < -0.39 is 11.8 Å². The highest BCUT2D eigenvalue weighted by atomic mass is 127. The molecule has 7 heteroatoms. The summed E-state index contributed by atoms with van der Waals surface area (Å²) in [5.74, 6) is -0.545. The normalized spacial score (nSPS) is 17.8. The van der Waals surface area contributed by atoms with Gasteiger partial charge in [-0.25, -0.2) is 0 Å². The Balaban J connectivity index is 2.35. The van der Waals surface area contributed by atoms with Gasteiger partial charge in [-0.05, 0) is 53.0 Å². The van der Waals surface area contributed by atoms with Gasteiger partial charge in [0.25, 0.3) is 11.8 Å². The zero-order valence-electron chi connectivity index (χ0n) is 9.68. The first kappa shape index (κ1) is 13.9. The number of carbonyl (C=O) groups is 2. The molecule has 1 fully saturated rings. The third-order valence-corrected chi connectivity index (χ3v) is 3.28. The zero-order valence-corrected chi connectivity index (χ0v) is 12.7. The highest BCUT2D eigenvalue weighted by molar-refractivity contribution is 14.1. The first-order chi connectivity index (χ1) is 9.02. The Hall–Kier alpha value is -1.48. The van der Waals surface area contributed by atoms with Crippen LogP contribution >= 0.6 is 34.8 Å². The molecule has 0 aromatic carbocycles. The van der Waals surface area contributed by atoms with Crippen molar-refractivity contribution in [2.24, 2.45) is 0 Å². The Kier molecular flexibility index (Phi) is 4.15. The van der Waals surface area contributed by atoms with Crippen LogP contribution < -0.4 is 5.32 Å². The van der Waals surface area contributed by atoms with Crippen LogP contribution in [-0.4, -0.2) is 28.4 Å². The van der Waals surface area contributed by atoms with Gasteiger partial charge < -0.3 is 4.42 Å². The average molecular weight is 388 g/mol. The summed E-state index contributed by atoms with van der Waals surface area (Å²) in [4.78, 5) is 25.2. The SMILES string of the molecule is C=CCN1C(=O)C(=Cc2ccc(I)o2)C(=O)NC1=S. The molecule has 0 aliphatic carbocycles. The molecule has 0 saturated carbocycles. The van der Waals surface area contributed by atoms with Crippen LogP contribution in [0.5, 0.6) is 0 Å². The summed E-state index contributed by atoms with van der Waals surface area (Å²) >= 11 is 6.94. The van der Waals surface area contributed by atoms with E-state index in [0.717, 1.165) is 0 Å². The Labute approximate surface area is 128 Å². The van der Waals surface area contributed by atoms with Crippen molar-refractivity contribution in [3.05, 3.63) is 39.9 Å². The minimum atomic E-state index is -0.526. The van der Waals surface area contributed by atoms with Crippen LogP contribution in [0.1, 0.15) is 5.76 Å². The lowest BCUT2D eigenvalue weighted by Gasteiger charge is -2.27. The summed E-state index contributed by atoms with van der Waals surface area (Å²) in [6.45, 7) is 3.79. The van der Waals surface area contributed by atoms with Crippen molar-refractivity contribution in [2.75, 3.05) is 6.54 Å². The van der Waals surface area contributed by atoms with Gasteiger partial charge >= 0.3 is 0 Å². The molecule has 98 valence electrons. The van der Waals surface area contributed by atoms with Crippen LogP contribution in [-0.2, 0) is 9.59 Å². The summed E-state index contributed by atoms with van der Waals surface area (Å²) in [5.41, 5.74) is -0.0128. The molecule has 0 radical (unpaired) electrons. The maximum atomic E-state index is 12.2.